The molecule has 0 aliphatic rings. The van der Waals surface area contributed by atoms with E-state index in [2.05, 4.69) is 9.97 Å². The van der Waals surface area contributed by atoms with E-state index in [0.29, 0.717) is 28.6 Å². The van der Waals surface area contributed by atoms with Crippen molar-refractivity contribution in [2.75, 3.05) is 6.61 Å². The van der Waals surface area contributed by atoms with Crippen molar-refractivity contribution in [3.05, 3.63) is 52.8 Å². The number of pyridine rings is 1. The summed E-state index contributed by atoms with van der Waals surface area (Å²) < 4.78 is 6.43. The predicted molar refractivity (Wildman–Crippen MR) is 84.9 cm³/mol. The summed E-state index contributed by atoms with van der Waals surface area (Å²) in [5.41, 5.74) is 0.442. The fourth-order valence-electron chi connectivity index (χ4n) is 1.94. The van der Waals surface area contributed by atoms with Crippen LogP contribution in [0, 0.1) is 0 Å². The van der Waals surface area contributed by atoms with E-state index in [9.17, 15) is 4.79 Å². The third kappa shape index (κ3) is 2.92. The molecule has 0 saturated carbocycles. The molecule has 1 aromatic carbocycles. The molecule has 0 aliphatic carbocycles. The van der Waals surface area contributed by atoms with Gasteiger partial charge >= 0.3 is 0 Å². The van der Waals surface area contributed by atoms with Crippen molar-refractivity contribution >= 4 is 21.4 Å². The molecule has 0 N–H and O–H groups in total. The van der Waals surface area contributed by atoms with Crippen LogP contribution in [0.2, 0.25) is 0 Å². The Morgan fingerprint density at radius 2 is 1.95 bits per heavy atom. The topological polar surface area (TPSA) is 52.1 Å². The van der Waals surface area contributed by atoms with Crippen LogP contribution in [0.5, 0.6) is 5.88 Å². The lowest BCUT2D eigenvalue weighted by molar-refractivity contribution is 0.305. The van der Waals surface area contributed by atoms with Gasteiger partial charge in [0.15, 0.2) is 0 Å². The lowest BCUT2D eigenvalue weighted by Crippen LogP contribution is -2.06. The second-order valence-corrected chi connectivity index (χ2v) is 5.56. The minimum Gasteiger partial charge on any atom is -0.478 e. The molecule has 0 fully saturated rings. The van der Waals surface area contributed by atoms with Gasteiger partial charge in [-0.05, 0) is 24.6 Å². The zero-order chi connectivity index (χ0) is 14.7. The van der Waals surface area contributed by atoms with Gasteiger partial charge in [-0.3, -0.25) is 4.79 Å². The smallest absolute Gasteiger partial charge is 0.279 e. The van der Waals surface area contributed by atoms with E-state index < -0.39 is 0 Å². The maximum atomic E-state index is 12.1. The number of fused-ring (bicyclic) bond motifs is 1. The fraction of sp³-hybridized carbons (Fsp3) is 0.188. The highest BCUT2D eigenvalue weighted by Gasteiger charge is 2.08. The average Bonchev–Trinajstić information content (AvgIpc) is 2.53. The molecule has 0 bridgehead atoms. The van der Waals surface area contributed by atoms with Crippen LogP contribution in [0.25, 0.3) is 20.8 Å². The average molecular weight is 298 g/mol. The van der Waals surface area contributed by atoms with Crippen molar-refractivity contribution in [2.24, 2.45) is 0 Å². The van der Waals surface area contributed by atoms with Crippen LogP contribution in [0.1, 0.15) is 13.3 Å². The van der Waals surface area contributed by atoms with Gasteiger partial charge in [-0.25, -0.2) is 4.98 Å². The summed E-state index contributed by atoms with van der Waals surface area (Å²) >= 11 is 1.46. The van der Waals surface area contributed by atoms with Gasteiger partial charge in [0.2, 0.25) is 5.88 Å². The van der Waals surface area contributed by atoms with Crippen molar-refractivity contribution in [1.82, 2.24) is 9.97 Å². The number of rotatable bonds is 4. The van der Waals surface area contributed by atoms with Crippen LogP contribution in [0.3, 0.4) is 0 Å². The largest absolute Gasteiger partial charge is 0.478 e. The number of hydrogen-bond donors (Lipinski definition) is 0. The van der Waals surface area contributed by atoms with Crippen LogP contribution < -0.4 is 10.3 Å². The molecule has 21 heavy (non-hydrogen) atoms. The van der Waals surface area contributed by atoms with E-state index in [4.69, 9.17) is 4.74 Å². The van der Waals surface area contributed by atoms with Crippen LogP contribution in [-0.2, 0) is 0 Å². The Labute approximate surface area is 126 Å². The van der Waals surface area contributed by atoms with Crippen molar-refractivity contribution < 1.29 is 4.74 Å². The fourth-order valence-corrected chi connectivity index (χ4v) is 2.91. The molecular formula is C16H14N2O2S. The van der Waals surface area contributed by atoms with Crippen molar-refractivity contribution in [3.63, 3.8) is 0 Å². The molecule has 4 nitrogen and oxygen atoms in total. The van der Waals surface area contributed by atoms with Crippen molar-refractivity contribution in [3.8, 4) is 16.6 Å². The highest BCUT2D eigenvalue weighted by atomic mass is 32.1. The molecule has 2 aromatic heterocycles. The maximum Gasteiger partial charge on any atom is 0.279 e. The van der Waals surface area contributed by atoms with Crippen LogP contribution in [-0.4, -0.2) is 16.6 Å². The minimum absolute atomic E-state index is 0.221. The molecule has 0 saturated heterocycles. The SMILES string of the molecule is CCCOc1cccc(-c2nc(=O)c3ccccc3s2)n1. The third-order valence-electron chi connectivity index (χ3n) is 2.92. The molecular weight excluding hydrogens is 284 g/mol. The number of benzene rings is 1. The molecule has 5 heteroatoms. The van der Waals surface area contributed by atoms with E-state index in [0.717, 1.165) is 11.1 Å². The molecule has 0 amide bonds. The maximum absolute atomic E-state index is 12.1. The molecule has 3 rings (SSSR count). The summed E-state index contributed by atoms with van der Waals surface area (Å²) in [5, 5.41) is 1.25. The summed E-state index contributed by atoms with van der Waals surface area (Å²) in [6.45, 7) is 2.67. The molecule has 106 valence electrons. The highest BCUT2D eigenvalue weighted by molar-refractivity contribution is 7.21. The van der Waals surface area contributed by atoms with Gasteiger partial charge in [0.05, 0.1) is 12.0 Å². The van der Waals surface area contributed by atoms with E-state index in [-0.39, 0.29) is 5.56 Å². The molecule has 0 radical (unpaired) electrons. The van der Waals surface area contributed by atoms with Crippen LogP contribution >= 0.6 is 11.3 Å². The van der Waals surface area contributed by atoms with E-state index in [1.807, 2.05) is 43.3 Å². The van der Waals surface area contributed by atoms with Crippen LogP contribution in [0.4, 0.5) is 0 Å². The molecule has 0 spiro atoms. The Kier molecular flexibility index (Phi) is 3.92. The second kappa shape index (κ2) is 6.01. The van der Waals surface area contributed by atoms with Crippen LogP contribution in [0.15, 0.2) is 47.3 Å². The van der Waals surface area contributed by atoms with Gasteiger partial charge < -0.3 is 4.74 Å². The van der Waals surface area contributed by atoms with E-state index in [1.54, 1.807) is 6.07 Å². The van der Waals surface area contributed by atoms with Gasteiger partial charge in [0.1, 0.15) is 10.7 Å². The zero-order valence-corrected chi connectivity index (χ0v) is 12.4. The highest BCUT2D eigenvalue weighted by Crippen LogP contribution is 2.25. The lowest BCUT2D eigenvalue weighted by atomic mass is 10.3. The second-order valence-electron chi connectivity index (χ2n) is 4.53. The minimum atomic E-state index is -0.221. The lowest BCUT2D eigenvalue weighted by Gasteiger charge is -2.05. The summed E-state index contributed by atoms with van der Waals surface area (Å²) in [6, 6.07) is 13.0. The van der Waals surface area contributed by atoms with Gasteiger partial charge in [-0.2, -0.15) is 4.98 Å². The normalized spacial score (nSPS) is 10.7. The summed E-state index contributed by atoms with van der Waals surface area (Å²) in [5.74, 6) is 0.559. The Balaban J connectivity index is 2.06. The quantitative estimate of drug-likeness (QED) is 0.739. The Hall–Kier alpha value is -2.27. The Bertz CT molecular complexity index is 830. The first-order valence-electron chi connectivity index (χ1n) is 6.78. The summed E-state index contributed by atoms with van der Waals surface area (Å²) in [6.07, 6.45) is 0.924. The number of ether oxygens (including phenoxy) is 1. The number of aromatic nitrogens is 2. The Morgan fingerprint density at radius 1 is 1.10 bits per heavy atom. The molecule has 0 atom stereocenters. The van der Waals surface area contributed by atoms with Gasteiger partial charge in [-0.15, -0.1) is 11.3 Å². The summed E-state index contributed by atoms with van der Waals surface area (Å²) in [4.78, 5) is 20.6. The van der Waals surface area contributed by atoms with Crippen molar-refractivity contribution in [1.29, 1.82) is 0 Å². The number of hydrogen-bond acceptors (Lipinski definition) is 5. The summed E-state index contributed by atoms with van der Waals surface area (Å²) in [7, 11) is 0. The first-order valence-corrected chi connectivity index (χ1v) is 7.59. The zero-order valence-electron chi connectivity index (χ0n) is 11.6. The van der Waals surface area contributed by atoms with Gasteiger partial charge in [0, 0.05) is 10.8 Å². The Morgan fingerprint density at radius 3 is 2.81 bits per heavy atom. The number of nitrogens with zero attached hydrogens (tertiary/aromatic N) is 2. The monoisotopic (exact) mass is 298 g/mol. The van der Waals surface area contributed by atoms with Gasteiger partial charge in [0.25, 0.3) is 5.56 Å². The first kappa shape index (κ1) is 13.7. The van der Waals surface area contributed by atoms with Gasteiger partial charge in [-0.1, -0.05) is 25.1 Å². The van der Waals surface area contributed by atoms with E-state index in [1.165, 1.54) is 11.3 Å². The first-order chi connectivity index (χ1) is 10.3. The third-order valence-corrected chi connectivity index (χ3v) is 3.99. The predicted octanol–water partition coefficient (Wildman–Crippen LogP) is 3.51. The van der Waals surface area contributed by atoms with E-state index >= 15 is 0 Å². The molecule has 2 heterocycles. The molecule has 0 aliphatic heterocycles. The van der Waals surface area contributed by atoms with Crippen molar-refractivity contribution in [2.45, 2.75) is 13.3 Å². The molecule has 3 aromatic rings. The molecule has 0 unspecified atom stereocenters. The standard InChI is InChI=1S/C16H14N2O2S/c1-2-10-20-14-9-5-7-12(17-14)16-18-15(19)11-6-3-4-8-13(11)21-16/h3-9H,2,10H2,1H3.